The highest BCUT2D eigenvalue weighted by molar-refractivity contribution is 5.88. The summed E-state index contributed by atoms with van der Waals surface area (Å²) in [4.78, 5) is 11.9. The molecule has 0 N–H and O–H groups in total. The summed E-state index contributed by atoms with van der Waals surface area (Å²) in [6.07, 6.45) is -0.190. The molecule has 2 aromatic rings. The van der Waals surface area contributed by atoms with Crippen molar-refractivity contribution in [2.24, 2.45) is 0 Å². The summed E-state index contributed by atoms with van der Waals surface area (Å²) in [5.41, 5.74) is 1.43. The van der Waals surface area contributed by atoms with Gasteiger partial charge in [-0.2, -0.15) is 0 Å². The minimum atomic E-state index is -0.660. The molecule has 0 aliphatic heterocycles. The van der Waals surface area contributed by atoms with Gasteiger partial charge in [0.05, 0.1) is 0 Å². The van der Waals surface area contributed by atoms with Crippen molar-refractivity contribution in [3.8, 4) is 5.75 Å². The van der Waals surface area contributed by atoms with E-state index in [2.05, 4.69) is 6.58 Å². The first-order chi connectivity index (χ1) is 10.1. The lowest BCUT2D eigenvalue weighted by molar-refractivity contribution is -0.156. The predicted octanol–water partition coefficient (Wildman–Crippen LogP) is 3.75. The van der Waals surface area contributed by atoms with Crippen LogP contribution in [0.3, 0.4) is 0 Å². The van der Waals surface area contributed by atoms with Crippen LogP contribution in [0.15, 0.2) is 72.8 Å². The number of carbonyl (C=O) groups excluding carboxylic acids is 1. The average Bonchev–Trinajstić information content (AvgIpc) is 2.49. The minimum absolute atomic E-state index is 0.407. The molecule has 3 nitrogen and oxygen atoms in total. The van der Waals surface area contributed by atoms with E-state index in [1.54, 1.807) is 6.92 Å². The molecule has 0 amide bonds. The molecule has 1 atom stereocenters. The van der Waals surface area contributed by atoms with E-state index in [0.29, 0.717) is 17.7 Å². The van der Waals surface area contributed by atoms with Crippen molar-refractivity contribution in [1.29, 1.82) is 0 Å². The zero-order valence-electron chi connectivity index (χ0n) is 12.0. The highest BCUT2D eigenvalue weighted by Crippen LogP contribution is 2.13. The highest BCUT2D eigenvalue weighted by atomic mass is 16.7. The summed E-state index contributed by atoms with van der Waals surface area (Å²) in [5.74, 6) is 0.216. The Morgan fingerprint density at radius 2 is 1.62 bits per heavy atom. The van der Waals surface area contributed by atoms with Gasteiger partial charge in [0.1, 0.15) is 5.75 Å². The van der Waals surface area contributed by atoms with Crippen LogP contribution in [0.1, 0.15) is 12.5 Å². The quantitative estimate of drug-likeness (QED) is 0.460. The van der Waals surface area contributed by atoms with Gasteiger partial charge in [0.15, 0.2) is 0 Å². The van der Waals surface area contributed by atoms with Gasteiger partial charge in [-0.05, 0) is 17.7 Å². The van der Waals surface area contributed by atoms with Gasteiger partial charge in [0.25, 0.3) is 0 Å². The van der Waals surface area contributed by atoms with E-state index in [-0.39, 0.29) is 0 Å². The van der Waals surface area contributed by atoms with E-state index >= 15 is 0 Å². The summed E-state index contributed by atoms with van der Waals surface area (Å²) in [5, 5.41) is 0. The lowest BCUT2D eigenvalue weighted by Gasteiger charge is -2.16. The zero-order chi connectivity index (χ0) is 15.1. The van der Waals surface area contributed by atoms with Gasteiger partial charge in [-0.15, -0.1) is 0 Å². The number of hydrogen-bond donors (Lipinski definition) is 0. The standard InChI is InChI=1S/C18H18O3/c1-14(13-16-9-5-3-6-10-16)18(19)21-15(2)20-17-11-7-4-8-12-17/h3-12,15H,1,13H2,2H3. The van der Waals surface area contributed by atoms with Crippen molar-refractivity contribution in [3.05, 3.63) is 78.4 Å². The number of esters is 1. The Morgan fingerprint density at radius 1 is 1.05 bits per heavy atom. The van der Waals surface area contributed by atoms with Crippen molar-refractivity contribution in [2.45, 2.75) is 19.6 Å². The third kappa shape index (κ3) is 4.80. The molecule has 0 spiro atoms. The van der Waals surface area contributed by atoms with Crippen molar-refractivity contribution in [3.63, 3.8) is 0 Å². The van der Waals surface area contributed by atoms with Crippen LogP contribution in [-0.2, 0) is 16.0 Å². The third-order valence-electron chi connectivity index (χ3n) is 2.87. The molecule has 0 heterocycles. The van der Waals surface area contributed by atoms with Crippen LogP contribution in [-0.4, -0.2) is 12.3 Å². The average molecular weight is 282 g/mol. The molecule has 2 rings (SSSR count). The molecular weight excluding hydrogens is 264 g/mol. The zero-order valence-corrected chi connectivity index (χ0v) is 12.0. The van der Waals surface area contributed by atoms with Gasteiger partial charge < -0.3 is 9.47 Å². The van der Waals surface area contributed by atoms with Crippen LogP contribution in [0.2, 0.25) is 0 Å². The fourth-order valence-electron chi connectivity index (χ4n) is 1.86. The molecule has 21 heavy (non-hydrogen) atoms. The van der Waals surface area contributed by atoms with E-state index < -0.39 is 12.3 Å². The topological polar surface area (TPSA) is 35.5 Å². The van der Waals surface area contributed by atoms with Gasteiger partial charge in [-0.25, -0.2) is 4.79 Å². The highest BCUT2D eigenvalue weighted by Gasteiger charge is 2.14. The fraction of sp³-hybridized carbons (Fsp3) is 0.167. The summed E-state index contributed by atoms with van der Waals surface area (Å²) < 4.78 is 10.7. The Labute approximate surface area is 124 Å². The number of hydrogen-bond acceptors (Lipinski definition) is 3. The summed E-state index contributed by atoms with van der Waals surface area (Å²) >= 11 is 0. The first kappa shape index (κ1) is 14.9. The second kappa shape index (κ2) is 7.29. The number of ether oxygens (including phenoxy) is 2. The Balaban J connectivity index is 1.84. The van der Waals surface area contributed by atoms with Crippen molar-refractivity contribution in [2.75, 3.05) is 0 Å². The maximum Gasteiger partial charge on any atom is 0.336 e. The van der Waals surface area contributed by atoms with E-state index in [4.69, 9.17) is 9.47 Å². The molecule has 1 unspecified atom stereocenters. The van der Waals surface area contributed by atoms with Crippen molar-refractivity contribution < 1.29 is 14.3 Å². The van der Waals surface area contributed by atoms with Gasteiger partial charge in [0.2, 0.25) is 6.29 Å². The van der Waals surface area contributed by atoms with Gasteiger partial charge >= 0.3 is 5.97 Å². The largest absolute Gasteiger partial charge is 0.455 e. The number of para-hydroxylation sites is 1. The third-order valence-corrected chi connectivity index (χ3v) is 2.87. The minimum Gasteiger partial charge on any atom is -0.455 e. The number of carbonyl (C=O) groups is 1. The molecule has 0 fully saturated rings. The molecule has 108 valence electrons. The van der Waals surface area contributed by atoms with Crippen LogP contribution in [0.4, 0.5) is 0 Å². The van der Waals surface area contributed by atoms with Crippen LogP contribution >= 0.6 is 0 Å². The monoisotopic (exact) mass is 282 g/mol. The normalized spacial score (nSPS) is 11.5. The summed E-state index contributed by atoms with van der Waals surface area (Å²) in [6.45, 7) is 5.46. The SMILES string of the molecule is C=C(Cc1ccccc1)C(=O)OC(C)Oc1ccccc1. The van der Waals surface area contributed by atoms with Crippen molar-refractivity contribution >= 4 is 5.97 Å². The Morgan fingerprint density at radius 3 is 2.24 bits per heavy atom. The second-order valence-corrected chi connectivity index (χ2v) is 4.67. The van der Waals surface area contributed by atoms with Gasteiger partial charge in [-0.3, -0.25) is 0 Å². The maximum atomic E-state index is 11.9. The Kier molecular flexibility index (Phi) is 5.16. The van der Waals surface area contributed by atoms with E-state index in [1.165, 1.54) is 0 Å². The second-order valence-electron chi connectivity index (χ2n) is 4.67. The van der Waals surface area contributed by atoms with Gasteiger partial charge in [-0.1, -0.05) is 55.1 Å². The molecule has 0 bridgehead atoms. The molecule has 0 saturated heterocycles. The predicted molar refractivity (Wildman–Crippen MR) is 81.9 cm³/mol. The fourth-order valence-corrected chi connectivity index (χ4v) is 1.86. The molecule has 0 radical (unpaired) electrons. The van der Waals surface area contributed by atoms with Crippen molar-refractivity contribution in [1.82, 2.24) is 0 Å². The Hall–Kier alpha value is -2.55. The van der Waals surface area contributed by atoms with Crippen LogP contribution < -0.4 is 4.74 Å². The first-order valence-corrected chi connectivity index (χ1v) is 6.79. The number of benzene rings is 2. The van der Waals surface area contributed by atoms with E-state index in [9.17, 15) is 4.79 Å². The molecule has 2 aromatic carbocycles. The maximum absolute atomic E-state index is 11.9. The molecule has 0 saturated carbocycles. The van der Waals surface area contributed by atoms with E-state index in [1.807, 2.05) is 60.7 Å². The van der Waals surface area contributed by atoms with Crippen LogP contribution in [0, 0.1) is 0 Å². The van der Waals surface area contributed by atoms with Gasteiger partial charge in [0, 0.05) is 18.9 Å². The lowest BCUT2D eigenvalue weighted by atomic mass is 10.1. The van der Waals surface area contributed by atoms with Crippen LogP contribution in [0.5, 0.6) is 5.75 Å². The summed E-state index contributed by atoms with van der Waals surface area (Å²) in [6, 6.07) is 18.9. The van der Waals surface area contributed by atoms with Crippen LogP contribution in [0.25, 0.3) is 0 Å². The number of rotatable bonds is 6. The smallest absolute Gasteiger partial charge is 0.336 e. The lowest BCUT2D eigenvalue weighted by Crippen LogP contribution is -2.22. The molecule has 0 aliphatic carbocycles. The Bertz CT molecular complexity index is 590. The molecule has 0 aliphatic rings. The van der Waals surface area contributed by atoms with E-state index in [0.717, 1.165) is 5.56 Å². The first-order valence-electron chi connectivity index (χ1n) is 6.79. The molecule has 3 heteroatoms. The summed E-state index contributed by atoms with van der Waals surface area (Å²) in [7, 11) is 0. The molecular formula is C18H18O3. The molecule has 0 aromatic heterocycles.